The highest BCUT2D eigenvalue weighted by Gasteiger charge is 2.15. The molecular weight excluding hydrogens is 178 g/mol. The van der Waals surface area contributed by atoms with Gasteiger partial charge in [0.1, 0.15) is 0 Å². The zero-order valence-corrected chi connectivity index (χ0v) is 8.55. The lowest BCUT2D eigenvalue weighted by Crippen LogP contribution is -2.27. The summed E-state index contributed by atoms with van der Waals surface area (Å²) in [5.41, 5.74) is 2.38. The number of Topliss-reactive ketones (excluding diaryl/α,β-unsaturated/α-hetero) is 1. The minimum atomic E-state index is -0.572. The molecule has 3 heteroatoms. The zero-order chi connectivity index (χ0) is 10.7. The minimum Gasteiger partial charge on any atom is -0.352 e. The monoisotopic (exact) mass is 191 g/mol. The van der Waals surface area contributed by atoms with Crippen LogP contribution in [0.2, 0.25) is 0 Å². The van der Waals surface area contributed by atoms with Gasteiger partial charge in [0.15, 0.2) is 0 Å². The lowest BCUT2D eigenvalue weighted by atomic mass is 10.0. The quantitative estimate of drug-likeness (QED) is 0.564. The number of benzene rings is 1. The van der Waals surface area contributed by atoms with E-state index in [9.17, 15) is 9.59 Å². The van der Waals surface area contributed by atoms with Crippen molar-refractivity contribution in [1.82, 2.24) is 5.32 Å². The van der Waals surface area contributed by atoms with Gasteiger partial charge in [-0.2, -0.15) is 0 Å². The number of hydrogen-bond donors (Lipinski definition) is 1. The van der Waals surface area contributed by atoms with Crippen LogP contribution < -0.4 is 5.32 Å². The van der Waals surface area contributed by atoms with Gasteiger partial charge in [-0.05, 0) is 19.4 Å². The first-order valence-corrected chi connectivity index (χ1v) is 4.40. The van der Waals surface area contributed by atoms with Gasteiger partial charge < -0.3 is 5.32 Å². The van der Waals surface area contributed by atoms with Crippen LogP contribution in [-0.4, -0.2) is 18.7 Å². The highest BCUT2D eigenvalue weighted by molar-refractivity contribution is 6.43. The summed E-state index contributed by atoms with van der Waals surface area (Å²) in [6.45, 7) is 3.77. The summed E-state index contributed by atoms with van der Waals surface area (Å²) >= 11 is 0. The fourth-order valence-electron chi connectivity index (χ4n) is 1.30. The maximum atomic E-state index is 11.5. The highest BCUT2D eigenvalue weighted by Crippen LogP contribution is 2.11. The topological polar surface area (TPSA) is 46.2 Å². The molecule has 0 heterocycles. The molecule has 1 N–H and O–H groups in total. The third-order valence-corrected chi connectivity index (χ3v) is 2.06. The van der Waals surface area contributed by atoms with Crippen LogP contribution in [-0.2, 0) is 4.79 Å². The van der Waals surface area contributed by atoms with Crippen LogP contribution in [0.3, 0.4) is 0 Å². The molecule has 0 saturated heterocycles. The number of nitrogens with one attached hydrogen (secondary N) is 1. The van der Waals surface area contributed by atoms with Gasteiger partial charge in [-0.3, -0.25) is 9.59 Å². The highest BCUT2D eigenvalue weighted by atomic mass is 16.2. The van der Waals surface area contributed by atoms with Gasteiger partial charge in [0.05, 0.1) is 0 Å². The largest absolute Gasteiger partial charge is 0.352 e. The second-order valence-corrected chi connectivity index (χ2v) is 3.23. The molecule has 1 amide bonds. The summed E-state index contributed by atoms with van der Waals surface area (Å²) < 4.78 is 0. The Morgan fingerprint density at radius 3 is 2.36 bits per heavy atom. The summed E-state index contributed by atoms with van der Waals surface area (Å²) in [7, 11) is 1.45. The number of aryl methyl sites for hydroxylation is 2. The molecule has 0 atom stereocenters. The third kappa shape index (κ3) is 1.99. The standard InChI is InChI=1S/C11H13NO2/c1-7-4-5-9(8(2)6-7)10(13)11(14)12-3/h4-6H,1-3H3,(H,12,14). The van der Waals surface area contributed by atoms with E-state index in [2.05, 4.69) is 5.32 Å². The normalized spacial score (nSPS) is 9.64. The predicted octanol–water partition coefficient (Wildman–Crippen LogP) is 1.23. The van der Waals surface area contributed by atoms with Crippen molar-refractivity contribution >= 4 is 11.7 Å². The molecule has 1 rings (SSSR count). The first kappa shape index (κ1) is 10.4. The molecule has 0 aliphatic heterocycles. The van der Waals surface area contributed by atoms with E-state index in [1.54, 1.807) is 6.07 Å². The first-order chi connectivity index (χ1) is 6.56. The van der Waals surface area contributed by atoms with E-state index in [4.69, 9.17) is 0 Å². The minimum absolute atomic E-state index is 0.468. The van der Waals surface area contributed by atoms with Crippen LogP contribution in [0.5, 0.6) is 0 Å². The average Bonchev–Trinajstić information content (AvgIpc) is 2.15. The van der Waals surface area contributed by atoms with E-state index in [0.29, 0.717) is 5.56 Å². The van der Waals surface area contributed by atoms with E-state index in [1.165, 1.54) is 7.05 Å². The smallest absolute Gasteiger partial charge is 0.292 e. The van der Waals surface area contributed by atoms with Gasteiger partial charge in [0.25, 0.3) is 5.91 Å². The molecule has 0 radical (unpaired) electrons. The molecule has 3 nitrogen and oxygen atoms in total. The fraction of sp³-hybridized carbons (Fsp3) is 0.273. The van der Waals surface area contributed by atoms with Crippen molar-refractivity contribution in [2.24, 2.45) is 0 Å². The Hall–Kier alpha value is -1.64. The molecule has 0 saturated carbocycles. The summed E-state index contributed by atoms with van der Waals surface area (Å²) in [5.74, 6) is -1.05. The molecule has 1 aromatic rings. The Morgan fingerprint density at radius 1 is 1.21 bits per heavy atom. The van der Waals surface area contributed by atoms with Crippen molar-refractivity contribution < 1.29 is 9.59 Å². The van der Waals surface area contributed by atoms with E-state index in [0.717, 1.165) is 11.1 Å². The molecule has 14 heavy (non-hydrogen) atoms. The lowest BCUT2D eigenvalue weighted by molar-refractivity contribution is -0.116. The van der Waals surface area contributed by atoms with Crippen molar-refractivity contribution in [2.75, 3.05) is 7.05 Å². The Kier molecular flexibility index (Phi) is 3.02. The van der Waals surface area contributed by atoms with Gasteiger partial charge in [0, 0.05) is 12.6 Å². The van der Waals surface area contributed by atoms with Crippen molar-refractivity contribution in [3.63, 3.8) is 0 Å². The molecule has 0 aromatic heterocycles. The molecule has 0 fully saturated rings. The maximum Gasteiger partial charge on any atom is 0.292 e. The van der Waals surface area contributed by atoms with Crippen LogP contribution in [0.25, 0.3) is 0 Å². The first-order valence-electron chi connectivity index (χ1n) is 4.40. The van der Waals surface area contributed by atoms with Gasteiger partial charge in [-0.25, -0.2) is 0 Å². The summed E-state index contributed by atoms with van der Waals surface area (Å²) in [5, 5.41) is 2.32. The third-order valence-electron chi connectivity index (χ3n) is 2.06. The molecule has 0 aliphatic carbocycles. The van der Waals surface area contributed by atoms with Crippen LogP contribution in [0.4, 0.5) is 0 Å². The van der Waals surface area contributed by atoms with Crippen molar-refractivity contribution in [3.8, 4) is 0 Å². The van der Waals surface area contributed by atoms with Gasteiger partial charge in [0.2, 0.25) is 5.78 Å². The van der Waals surface area contributed by atoms with Crippen LogP contribution in [0, 0.1) is 13.8 Å². The number of carbonyl (C=O) groups is 2. The Labute approximate surface area is 83.1 Å². The van der Waals surface area contributed by atoms with E-state index >= 15 is 0 Å². The fourth-order valence-corrected chi connectivity index (χ4v) is 1.30. The Bertz CT molecular complexity index is 383. The number of hydrogen-bond acceptors (Lipinski definition) is 2. The number of amides is 1. The summed E-state index contributed by atoms with van der Waals surface area (Å²) in [6, 6.07) is 5.39. The van der Waals surface area contributed by atoms with Gasteiger partial charge in [-0.1, -0.05) is 23.8 Å². The molecule has 0 spiro atoms. The van der Waals surface area contributed by atoms with E-state index in [1.807, 2.05) is 26.0 Å². The lowest BCUT2D eigenvalue weighted by Gasteiger charge is -2.04. The number of carbonyl (C=O) groups excluding carboxylic acids is 2. The van der Waals surface area contributed by atoms with Gasteiger partial charge >= 0.3 is 0 Å². The Balaban J connectivity index is 3.08. The summed E-state index contributed by atoms with van der Waals surface area (Å²) in [4.78, 5) is 22.6. The van der Waals surface area contributed by atoms with E-state index in [-0.39, 0.29) is 0 Å². The van der Waals surface area contributed by atoms with Crippen molar-refractivity contribution in [2.45, 2.75) is 13.8 Å². The molecule has 74 valence electrons. The Morgan fingerprint density at radius 2 is 1.86 bits per heavy atom. The molecule has 1 aromatic carbocycles. The van der Waals surface area contributed by atoms with Crippen LogP contribution in [0.1, 0.15) is 21.5 Å². The van der Waals surface area contributed by atoms with Crippen molar-refractivity contribution in [3.05, 3.63) is 34.9 Å². The zero-order valence-electron chi connectivity index (χ0n) is 8.55. The molecule has 0 bridgehead atoms. The van der Waals surface area contributed by atoms with Gasteiger partial charge in [-0.15, -0.1) is 0 Å². The second kappa shape index (κ2) is 4.05. The average molecular weight is 191 g/mol. The van der Waals surface area contributed by atoms with Crippen molar-refractivity contribution in [1.29, 1.82) is 0 Å². The maximum absolute atomic E-state index is 11.5. The van der Waals surface area contributed by atoms with Crippen LogP contribution >= 0.6 is 0 Å². The number of ketones is 1. The molecular formula is C11H13NO2. The second-order valence-electron chi connectivity index (χ2n) is 3.23. The van der Waals surface area contributed by atoms with E-state index < -0.39 is 11.7 Å². The SMILES string of the molecule is CNC(=O)C(=O)c1ccc(C)cc1C. The predicted molar refractivity (Wildman–Crippen MR) is 54.3 cm³/mol. The molecule has 0 aliphatic rings. The number of rotatable bonds is 2. The van der Waals surface area contributed by atoms with Crippen LogP contribution in [0.15, 0.2) is 18.2 Å². The summed E-state index contributed by atoms with van der Waals surface area (Å²) in [6.07, 6.45) is 0. The number of likely N-dealkylation sites (N-methyl/N-ethyl adjacent to an activating group) is 1. The molecule has 0 unspecified atom stereocenters.